The summed E-state index contributed by atoms with van der Waals surface area (Å²) in [7, 11) is 0. The van der Waals surface area contributed by atoms with Crippen molar-refractivity contribution in [2.24, 2.45) is 5.73 Å². The molecule has 0 aliphatic rings. The topological polar surface area (TPSA) is 55.1 Å². The molecule has 0 aromatic heterocycles. The highest BCUT2D eigenvalue weighted by Crippen LogP contribution is 2.13. The molecule has 110 valence electrons. The predicted molar refractivity (Wildman–Crippen MR) is 86.3 cm³/mol. The van der Waals surface area contributed by atoms with Crippen LogP contribution in [0.3, 0.4) is 0 Å². The number of carbonyl (C=O) groups excluding carboxylic acids is 1. The van der Waals surface area contributed by atoms with Gasteiger partial charge in [-0.3, -0.25) is 4.79 Å². The van der Waals surface area contributed by atoms with Gasteiger partial charge in [0.05, 0.1) is 0 Å². The zero-order chi connectivity index (χ0) is 15.1. The van der Waals surface area contributed by atoms with Gasteiger partial charge >= 0.3 is 0 Å². The Hall–Kier alpha value is -2.13. The van der Waals surface area contributed by atoms with Crippen molar-refractivity contribution in [2.45, 2.75) is 25.8 Å². The van der Waals surface area contributed by atoms with Crippen LogP contribution in [0.5, 0.6) is 0 Å². The smallest absolute Gasteiger partial charge is 0.251 e. The van der Waals surface area contributed by atoms with E-state index in [1.807, 2.05) is 49.4 Å². The van der Waals surface area contributed by atoms with Gasteiger partial charge in [0.2, 0.25) is 0 Å². The Kier molecular flexibility index (Phi) is 5.52. The van der Waals surface area contributed by atoms with Crippen molar-refractivity contribution in [1.29, 1.82) is 0 Å². The normalized spacial score (nSPS) is 11.9. The Balaban J connectivity index is 2.08. The van der Waals surface area contributed by atoms with E-state index in [-0.39, 0.29) is 11.9 Å². The predicted octanol–water partition coefficient (Wildman–Crippen LogP) is 2.55. The molecule has 0 radical (unpaired) electrons. The Morgan fingerprint density at radius 2 is 1.71 bits per heavy atom. The second kappa shape index (κ2) is 7.60. The minimum Gasteiger partial charge on any atom is -0.348 e. The fourth-order valence-corrected chi connectivity index (χ4v) is 2.24. The molecule has 0 heterocycles. The molecular formula is C18H22N2O. The molecule has 2 aromatic rings. The molecule has 0 saturated heterocycles. The van der Waals surface area contributed by atoms with E-state index in [2.05, 4.69) is 17.4 Å². The van der Waals surface area contributed by atoms with E-state index in [0.717, 1.165) is 24.0 Å². The summed E-state index contributed by atoms with van der Waals surface area (Å²) in [4.78, 5) is 12.3. The highest BCUT2D eigenvalue weighted by atomic mass is 16.1. The van der Waals surface area contributed by atoms with Crippen LogP contribution in [0.1, 0.15) is 28.4 Å². The highest BCUT2D eigenvalue weighted by Gasteiger charge is 2.12. The number of carbonyl (C=O) groups is 1. The summed E-state index contributed by atoms with van der Waals surface area (Å²) < 4.78 is 0. The molecule has 1 amide bonds. The lowest BCUT2D eigenvalue weighted by molar-refractivity contribution is 0.0940. The van der Waals surface area contributed by atoms with Crippen LogP contribution in [0.4, 0.5) is 0 Å². The molecule has 3 N–H and O–H groups in total. The molecule has 0 fully saturated rings. The van der Waals surface area contributed by atoms with Gasteiger partial charge in [0, 0.05) is 18.2 Å². The van der Waals surface area contributed by atoms with Crippen LogP contribution in [-0.4, -0.2) is 18.5 Å². The van der Waals surface area contributed by atoms with Gasteiger partial charge in [0.25, 0.3) is 5.91 Å². The summed E-state index contributed by atoms with van der Waals surface area (Å²) in [5.74, 6) is -0.0448. The highest BCUT2D eigenvalue weighted by molar-refractivity contribution is 5.95. The molecule has 0 saturated carbocycles. The van der Waals surface area contributed by atoms with Gasteiger partial charge in [-0.2, -0.15) is 0 Å². The van der Waals surface area contributed by atoms with E-state index in [1.165, 1.54) is 5.56 Å². The van der Waals surface area contributed by atoms with Gasteiger partial charge < -0.3 is 11.1 Å². The average Bonchev–Trinajstić information content (AvgIpc) is 2.54. The second-order valence-electron chi connectivity index (χ2n) is 5.25. The minimum absolute atomic E-state index is 0.0142. The number of nitrogens with one attached hydrogen (secondary N) is 1. The standard InChI is InChI=1S/C18H22N2O/c1-14(13-19)20-18(21)17-10-6-5-9-16(17)12-11-15-7-3-2-4-8-15/h2-10,14H,11-13,19H2,1H3,(H,20,21)/t14-/m0/s1. The van der Waals surface area contributed by atoms with Crippen LogP contribution in [0, 0.1) is 0 Å². The van der Waals surface area contributed by atoms with Gasteiger partial charge in [-0.25, -0.2) is 0 Å². The maximum absolute atomic E-state index is 12.3. The second-order valence-corrected chi connectivity index (χ2v) is 5.25. The van der Waals surface area contributed by atoms with Crippen LogP contribution in [0.15, 0.2) is 54.6 Å². The van der Waals surface area contributed by atoms with Gasteiger partial charge in [0.15, 0.2) is 0 Å². The van der Waals surface area contributed by atoms with E-state index in [4.69, 9.17) is 5.73 Å². The molecule has 21 heavy (non-hydrogen) atoms. The fourth-order valence-electron chi connectivity index (χ4n) is 2.24. The summed E-state index contributed by atoms with van der Waals surface area (Å²) in [6.45, 7) is 2.35. The summed E-state index contributed by atoms with van der Waals surface area (Å²) in [5, 5.41) is 2.92. The lowest BCUT2D eigenvalue weighted by atomic mass is 9.99. The number of aryl methyl sites for hydroxylation is 2. The molecule has 2 aromatic carbocycles. The summed E-state index contributed by atoms with van der Waals surface area (Å²) >= 11 is 0. The Morgan fingerprint density at radius 3 is 2.43 bits per heavy atom. The summed E-state index contributed by atoms with van der Waals surface area (Å²) in [6.07, 6.45) is 1.78. The Labute approximate surface area is 126 Å². The maximum Gasteiger partial charge on any atom is 0.251 e. The molecule has 3 heteroatoms. The molecule has 0 unspecified atom stereocenters. The lowest BCUT2D eigenvalue weighted by Crippen LogP contribution is -2.38. The zero-order valence-electron chi connectivity index (χ0n) is 12.4. The monoisotopic (exact) mass is 282 g/mol. The Morgan fingerprint density at radius 1 is 1.05 bits per heavy atom. The quantitative estimate of drug-likeness (QED) is 0.855. The van der Waals surface area contributed by atoms with Gasteiger partial charge in [-0.1, -0.05) is 48.5 Å². The SMILES string of the molecule is C[C@@H](CN)NC(=O)c1ccccc1CCc1ccccc1. The number of nitrogens with two attached hydrogens (primary N) is 1. The fraction of sp³-hybridized carbons (Fsp3) is 0.278. The summed E-state index contributed by atoms with van der Waals surface area (Å²) in [6, 6.07) is 18.1. The first-order valence-corrected chi connectivity index (χ1v) is 7.33. The molecular weight excluding hydrogens is 260 g/mol. The van der Waals surface area contributed by atoms with E-state index in [1.54, 1.807) is 0 Å². The first-order chi connectivity index (χ1) is 10.2. The van der Waals surface area contributed by atoms with E-state index in [0.29, 0.717) is 6.54 Å². The van der Waals surface area contributed by atoms with Crippen LogP contribution >= 0.6 is 0 Å². The number of hydrogen-bond acceptors (Lipinski definition) is 2. The van der Waals surface area contributed by atoms with Crippen molar-refractivity contribution in [3.8, 4) is 0 Å². The van der Waals surface area contributed by atoms with Crippen LogP contribution in [0.25, 0.3) is 0 Å². The van der Waals surface area contributed by atoms with Gasteiger partial charge in [0.1, 0.15) is 0 Å². The van der Waals surface area contributed by atoms with E-state index >= 15 is 0 Å². The summed E-state index contributed by atoms with van der Waals surface area (Å²) in [5.41, 5.74) is 8.65. The van der Waals surface area contributed by atoms with E-state index < -0.39 is 0 Å². The van der Waals surface area contributed by atoms with Crippen LogP contribution < -0.4 is 11.1 Å². The third kappa shape index (κ3) is 4.43. The van der Waals surface area contributed by atoms with Gasteiger partial charge in [-0.15, -0.1) is 0 Å². The lowest BCUT2D eigenvalue weighted by Gasteiger charge is -2.14. The third-order valence-corrected chi connectivity index (χ3v) is 3.52. The average molecular weight is 282 g/mol. The van der Waals surface area contributed by atoms with Crippen molar-refractivity contribution in [3.05, 3.63) is 71.3 Å². The van der Waals surface area contributed by atoms with Crippen molar-refractivity contribution in [3.63, 3.8) is 0 Å². The largest absolute Gasteiger partial charge is 0.348 e. The first kappa shape index (κ1) is 15.3. The number of benzene rings is 2. The van der Waals surface area contributed by atoms with Crippen molar-refractivity contribution >= 4 is 5.91 Å². The third-order valence-electron chi connectivity index (χ3n) is 3.52. The number of rotatable bonds is 6. The Bertz CT molecular complexity index is 581. The van der Waals surface area contributed by atoms with Crippen LogP contribution in [0.2, 0.25) is 0 Å². The van der Waals surface area contributed by atoms with Crippen molar-refractivity contribution in [2.75, 3.05) is 6.54 Å². The molecule has 0 bridgehead atoms. The first-order valence-electron chi connectivity index (χ1n) is 7.33. The molecule has 2 rings (SSSR count). The number of hydrogen-bond donors (Lipinski definition) is 2. The van der Waals surface area contributed by atoms with Gasteiger partial charge in [-0.05, 0) is 37.0 Å². The molecule has 0 aliphatic heterocycles. The minimum atomic E-state index is -0.0448. The number of amides is 1. The van der Waals surface area contributed by atoms with Crippen molar-refractivity contribution in [1.82, 2.24) is 5.32 Å². The molecule has 1 atom stereocenters. The van der Waals surface area contributed by atoms with E-state index in [9.17, 15) is 4.79 Å². The maximum atomic E-state index is 12.3. The molecule has 3 nitrogen and oxygen atoms in total. The van der Waals surface area contributed by atoms with Crippen molar-refractivity contribution < 1.29 is 4.79 Å². The van der Waals surface area contributed by atoms with Crippen LogP contribution in [-0.2, 0) is 12.8 Å². The molecule has 0 spiro atoms. The zero-order valence-corrected chi connectivity index (χ0v) is 12.4. The molecule has 0 aliphatic carbocycles.